The molecule has 1 aromatic carbocycles. The Morgan fingerprint density at radius 2 is 1.84 bits per heavy atom. The number of aliphatic hydroxyl groups is 1. The number of amides is 1. The Labute approximate surface area is 148 Å². The molecule has 2 unspecified atom stereocenters. The number of benzene rings is 1. The van der Waals surface area contributed by atoms with E-state index in [2.05, 4.69) is 0 Å². The minimum absolute atomic E-state index is 0.106. The van der Waals surface area contributed by atoms with Crippen LogP contribution in [0.3, 0.4) is 0 Å². The number of ether oxygens (including phenoxy) is 1. The van der Waals surface area contributed by atoms with Gasteiger partial charge in [-0.2, -0.15) is 0 Å². The summed E-state index contributed by atoms with van der Waals surface area (Å²) in [4.78, 5) is 14.8. The Hall–Kier alpha value is -1.60. The number of nitrogens with zero attached hydrogens (tertiary/aromatic N) is 1. The molecule has 2 aliphatic rings. The van der Waals surface area contributed by atoms with Crippen molar-refractivity contribution in [2.75, 3.05) is 23.5 Å². The molecule has 1 aliphatic heterocycles. The molecule has 1 N–H and O–H groups in total. The van der Waals surface area contributed by atoms with Crippen LogP contribution in [0, 0.1) is 5.92 Å². The van der Waals surface area contributed by atoms with Gasteiger partial charge >= 0.3 is 0 Å². The van der Waals surface area contributed by atoms with Gasteiger partial charge in [0.15, 0.2) is 9.84 Å². The highest BCUT2D eigenvalue weighted by Crippen LogP contribution is 2.36. The van der Waals surface area contributed by atoms with Gasteiger partial charge in [-0.15, -0.1) is 0 Å². The maximum absolute atomic E-state index is 13.3. The van der Waals surface area contributed by atoms with Crippen LogP contribution in [0.5, 0.6) is 5.75 Å². The van der Waals surface area contributed by atoms with Gasteiger partial charge in [-0.3, -0.25) is 4.79 Å². The second-order valence-electron chi connectivity index (χ2n) is 6.93. The van der Waals surface area contributed by atoms with Crippen LogP contribution < -0.4 is 9.64 Å². The average Bonchev–Trinajstić information content (AvgIpc) is 2.88. The van der Waals surface area contributed by atoms with Gasteiger partial charge < -0.3 is 14.7 Å². The highest BCUT2D eigenvalue weighted by atomic mass is 32.2. The van der Waals surface area contributed by atoms with E-state index in [1.54, 1.807) is 24.3 Å². The van der Waals surface area contributed by atoms with Crippen molar-refractivity contribution in [1.29, 1.82) is 0 Å². The molecular formula is C18H25NO5S. The van der Waals surface area contributed by atoms with E-state index in [0.29, 0.717) is 11.4 Å². The summed E-state index contributed by atoms with van der Waals surface area (Å²) in [5.41, 5.74) is 0.529. The topological polar surface area (TPSA) is 83.9 Å². The minimum Gasteiger partial charge on any atom is -0.495 e. The molecule has 0 spiro atoms. The molecule has 1 saturated carbocycles. The van der Waals surface area contributed by atoms with E-state index in [0.717, 1.165) is 32.1 Å². The number of carbonyl (C=O) groups is 1. The third-order valence-electron chi connectivity index (χ3n) is 5.16. The normalized spacial score (nSPS) is 26.3. The number of para-hydroxylation sites is 2. The van der Waals surface area contributed by atoms with E-state index in [1.807, 2.05) is 0 Å². The van der Waals surface area contributed by atoms with Gasteiger partial charge in [0.05, 0.1) is 36.4 Å². The monoisotopic (exact) mass is 367 g/mol. The predicted octanol–water partition coefficient (Wildman–Crippen LogP) is 1.77. The van der Waals surface area contributed by atoms with Gasteiger partial charge in [0, 0.05) is 5.92 Å². The van der Waals surface area contributed by atoms with Crippen LogP contribution in [0.4, 0.5) is 5.69 Å². The summed E-state index contributed by atoms with van der Waals surface area (Å²) in [7, 11) is -1.85. The second kappa shape index (κ2) is 7.33. The van der Waals surface area contributed by atoms with Gasteiger partial charge in [0.1, 0.15) is 5.75 Å². The number of hydrogen-bond donors (Lipinski definition) is 1. The van der Waals surface area contributed by atoms with Crippen LogP contribution in [0.15, 0.2) is 24.3 Å². The van der Waals surface area contributed by atoms with Gasteiger partial charge in [0.25, 0.3) is 0 Å². The molecule has 0 bridgehead atoms. The van der Waals surface area contributed by atoms with Crippen molar-refractivity contribution in [2.24, 2.45) is 5.92 Å². The molecule has 6 nitrogen and oxygen atoms in total. The Morgan fingerprint density at radius 1 is 1.16 bits per heavy atom. The molecule has 0 aromatic heterocycles. The van der Waals surface area contributed by atoms with Crippen molar-refractivity contribution >= 4 is 21.4 Å². The molecule has 3 rings (SSSR count). The Kier molecular flexibility index (Phi) is 5.34. The second-order valence-corrected chi connectivity index (χ2v) is 9.08. The lowest BCUT2D eigenvalue weighted by molar-refractivity contribution is -0.124. The SMILES string of the molecule is COc1ccccc1N(C(=O)C1CCCCC1)C1CS(=O)(=O)CC1O. The minimum atomic E-state index is -3.37. The molecule has 1 saturated heterocycles. The fraction of sp³-hybridized carbons (Fsp3) is 0.611. The maximum atomic E-state index is 13.3. The molecule has 2 atom stereocenters. The highest BCUT2D eigenvalue weighted by Gasteiger charge is 2.44. The molecule has 1 heterocycles. The van der Waals surface area contributed by atoms with Crippen LogP contribution in [0.2, 0.25) is 0 Å². The summed E-state index contributed by atoms with van der Waals surface area (Å²) in [6.07, 6.45) is 3.66. The smallest absolute Gasteiger partial charge is 0.230 e. The van der Waals surface area contributed by atoms with Gasteiger partial charge in [-0.25, -0.2) is 8.42 Å². The van der Waals surface area contributed by atoms with Crippen molar-refractivity contribution in [3.8, 4) is 5.75 Å². The Balaban J connectivity index is 2.00. The maximum Gasteiger partial charge on any atom is 0.230 e. The first-order chi connectivity index (χ1) is 11.9. The van der Waals surface area contributed by atoms with Gasteiger partial charge in [0.2, 0.25) is 5.91 Å². The number of sulfone groups is 1. The van der Waals surface area contributed by atoms with E-state index >= 15 is 0 Å². The number of hydrogen-bond acceptors (Lipinski definition) is 5. The summed E-state index contributed by atoms with van der Waals surface area (Å²) in [6.45, 7) is 0. The number of methoxy groups -OCH3 is 1. The first-order valence-corrected chi connectivity index (χ1v) is 10.6. The third-order valence-corrected chi connectivity index (χ3v) is 6.86. The summed E-state index contributed by atoms with van der Waals surface area (Å²) < 4.78 is 29.4. The third kappa shape index (κ3) is 3.82. The van der Waals surface area contributed by atoms with E-state index in [9.17, 15) is 18.3 Å². The first-order valence-electron chi connectivity index (χ1n) is 8.77. The summed E-state index contributed by atoms with van der Waals surface area (Å²) in [5.74, 6) is -0.256. The number of anilines is 1. The number of aliphatic hydroxyl groups excluding tert-OH is 1. The van der Waals surface area contributed by atoms with Crippen molar-refractivity contribution < 1.29 is 23.1 Å². The number of carbonyl (C=O) groups excluding carboxylic acids is 1. The predicted molar refractivity (Wildman–Crippen MR) is 95.5 cm³/mol. The molecule has 2 fully saturated rings. The van der Waals surface area contributed by atoms with Crippen LogP contribution in [0.1, 0.15) is 32.1 Å². The van der Waals surface area contributed by atoms with Crippen LogP contribution in [-0.2, 0) is 14.6 Å². The lowest BCUT2D eigenvalue weighted by Crippen LogP contribution is -2.49. The highest BCUT2D eigenvalue weighted by molar-refractivity contribution is 7.91. The summed E-state index contributed by atoms with van der Waals surface area (Å²) in [6, 6.07) is 6.31. The van der Waals surface area contributed by atoms with E-state index in [1.165, 1.54) is 12.0 Å². The Morgan fingerprint density at radius 3 is 2.44 bits per heavy atom. The van der Waals surface area contributed by atoms with Crippen LogP contribution >= 0.6 is 0 Å². The molecule has 0 radical (unpaired) electrons. The zero-order valence-corrected chi connectivity index (χ0v) is 15.2. The standard InChI is InChI=1S/C18H25NO5S/c1-24-17-10-6-5-9-14(17)19(15-11-25(22,23)12-16(15)20)18(21)13-7-3-2-4-8-13/h5-6,9-10,13,15-16,20H,2-4,7-8,11-12H2,1H3. The zero-order valence-electron chi connectivity index (χ0n) is 14.4. The molecule has 7 heteroatoms. The average molecular weight is 367 g/mol. The fourth-order valence-corrected chi connectivity index (χ4v) is 5.66. The van der Waals surface area contributed by atoms with E-state index in [-0.39, 0.29) is 23.3 Å². The van der Waals surface area contributed by atoms with Crippen molar-refractivity contribution in [3.63, 3.8) is 0 Å². The largest absolute Gasteiger partial charge is 0.495 e. The van der Waals surface area contributed by atoms with Crippen molar-refractivity contribution in [1.82, 2.24) is 0 Å². The molecule has 1 aliphatic carbocycles. The van der Waals surface area contributed by atoms with Crippen LogP contribution in [0.25, 0.3) is 0 Å². The Bertz CT molecular complexity index is 727. The van der Waals surface area contributed by atoms with E-state index in [4.69, 9.17) is 4.74 Å². The molecule has 138 valence electrons. The van der Waals surface area contributed by atoms with E-state index < -0.39 is 22.0 Å². The fourth-order valence-electron chi connectivity index (χ4n) is 3.89. The van der Waals surface area contributed by atoms with Gasteiger partial charge in [-0.1, -0.05) is 31.4 Å². The van der Waals surface area contributed by atoms with Gasteiger partial charge in [-0.05, 0) is 25.0 Å². The first kappa shape index (κ1) is 18.2. The lowest BCUT2D eigenvalue weighted by Gasteiger charge is -2.35. The summed E-state index contributed by atoms with van der Waals surface area (Å²) in [5, 5.41) is 10.4. The number of rotatable bonds is 4. The lowest BCUT2D eigenvalue weighted by atomic mass is 9.87. The quantitative estimate of drug-likeness (QED) is 0.877. The molecule has 25 heavy (non-hydrogen) atoms. The van der Waals surface area contributed by atoms with Crippen molar-refractivity contribution in [3.05, 3.63) is 24.3 Å². The van der Waals surface area contributed by atoms with Crippen molar-refractivity contribution in [2.45, 2.75) is 44.2 Å². The van der Waals surface area contributed by atoms with Crippen LogP contribution in [-0.4, -0.2) is 50.2 Å². The molecular weight excluding hydrogens is 342 g/mol. The summed E-state index contributed by atoms with van der Waals surface area (Å²) >= 11 is 0. The zero-order chi connectivity index (χ0) is 18.0. The molecule has 1 aromatic rings. The molecule has 1 amide bonds.